The molecule has 5 heteroatoms. The second-order valence-corrected chi connectivity index (χ2v) is 7.85. The maximum absolute atomic E-state index is 12.2. The fraction of sp³-hybridized carbons (Fsp3) is 0.348. The summed E-state index contributed by atoms with van der Waals surface area (Å²) in [7, 11) is 0. The van der Waals surface area contributed by atoms with E-state index >= 15 is 0 Å². The first-order chi connectivity index (χ1) is 13.7. The molecule has 28 heavy (non-hydrogen) atoms. The Hall–Kier alpha value is -2.30. The van der Waals surface area contributed by atoms with Crippen LogP contribution in [0.5, 0.6) is 0 Å². The summed E-state index contributed by atoms with van der Waals surface area (Å²) in [5, 5.41) is 8.56. The Morgan fingerprint density at radius 1 is 1.21 bits per heavy atom. The van der Waals surface area contributed by atoms with Gasteiger partial charge in [-0.1, -0.05) is 23.7 Å². The first kappa shape index (κ1) is 19.0. The molecule has 1 atom stereocenters. The summed E-state index contributed by atoms with van der Waals surface area (Å²) in [6.07, 6.45) is 4.32. The van der Waals surface area contributed by atoms with Crippen LogP contribution >= 0.6 is 11.6 Å². The molecule has 0 radical (unpaired) electrons. The van der Waals surface area contributed by atoms with Crippen molar-refractivity contribution in [3.8, 4) is 0 Å². The molecule has 0 bridgehead atoms. The largest absolute Gasteiger partial charge is 0.357 e. The number of H-pyrrole nitrogens is 1. The third-order valence-electron chi connectivity index (χ3n) is 5.52. The predicted molar refractivity (Wildman–Crippen MR) is 115 cm³/mol. The van der Waals surface area contributed by atoms with Crippen LogP contribution in [0.1, 0.15) is 53.0 Å². The number of aryl methyl sites for hydroxylation is 1. The highest BCUT2D eigenvalue weighted by Gasteiger charge is 2.24. The minimum absolute atomic E-state index is 0.00667. The van der Waals surface area contributed by atoms with E-state index in [4.69, 9.17) is 11.6 Å². The number of hydrogen-bond acceptors (Lipinski definition) is 2. The SMILES string of the molecule is CCNC(=O)c1ccc2[nH]c3c(c2c1)CCCC3NCCc1ccc(Cl)cc1. The Morgan fingerprint density at radius 2 is 2.04 bits per heavy atom. The molecule has 1 heterocycles. The summed E-state index contributed by atoms with van der Waals surface area (Å²) >= 11 is 5.97. The number of aromatic nitrogens is 1. The number of fused-ring (bicyclic) bond motifs is 3. The second kappa shape index (κ2) is 8.38. The van der Waals surface area contributed by atoms with Crippen molar-refractivity contribution in [2.45, 2.75) is 38.6 Å². The number of aromatic amines is 1. The molecule has 4 rings (SSSR count). The Bertz CT molecular complexity index is 977. The van der Waals surface area contributed by atoms with E-state index in [1.165, 1.54) is 22.2 Å². The van der Waals surface area contributed by atoms with Crippen LogP contribution in [0.25, 0.3) is 10.9 Å². The molecule has 1 aliphatic carbocycles. The first-order valence-electron chi connectivity index (χ1n) is 10.1. The van der Waals surface area contributed by atoms with E-state index in [1.807, 2.05) is 37.3 Å². The number of nitrogens with one attached hydrogen (secondary N) is 3. The molecule has 146 valence electrons. The van der Waals surface area contributed by atoms with E-state index in [1.54, 1.807) is 0 Å². The number of halogens is 1. The molecule has 2 aromatic carbocycles. The standard InChI is InChI=1S/C23H26ClN3O/c1-2-25-23(28)16-8-11-20-19(14-16)18-4-3-5-21(22(18)27-20)26-13-12-15-6-9-17(24)10-7-15/h6-11,14,21,26-27H,2-5,12-13H2,1H3,(H,25,28). The van der Waals surface area contributed by atoms with E-state index in [0.717, 1.165) is 48.3 Å². The van der Waals surface area contributed by atoms with Crippen LogP contribution < -0.4 is 10.6 Å². The lowest BCUT2D eigenvalue weighted by Crippen LogP contribution is -2.27. The van der Waals surface area contributed by atoms with Gasteiger partial charge >= 0.3 is 0 Å². The number of amides is 1. The van der Waals surface area contributed by atoms with Crippen molar-refractivity contribution in [2.75, 3.05) is 13.1 Å². The van der Waals surface area contributed by atoms with E-state index in [2.05, 4.69) is 27.8 Å². The van der Waals surface area contributed by atoms with Gasteiger partial charge in [0.15, 0.2) is 0 Å². The molecule has 0 aliphatic heterocycles. The van der Waals surface area contributed by atoms with Gasteiger partial charge in [0.1, 0.15) is 0 Å². The first-order valence-corrected chi connectivity index (χ1v) is 10.4. The van der Waals surface area contributed by atoms with Gasteiger partial charge in [0.05, 0.1) is 0 Å². The summed E-state index contributed by atoms with van der Waals surface area (Å²) < 4.78 is 0. The minimum Gasteiger partial charge on any atom is -0.357 e. The third kappa shape index (κ3) is 3.94. The summed E-state index contributed by atoms with van der Waals surface area (Å²) in [6, 6.07) is 14.4. The molecule has 1 aromatic heterocycles. The molecule has 1 unspecified atom stereocenters. The zero-order valence-electron chi connectivity index (χ0n) is 16.1. The Balaban J connectivity index is 1.51. The fourth-order valence-corrected chi connectivity index (χ4v) is 4.24. The lowest BCUT2D eigenvalue weighted by atomic mass is 9.91. The van der Waals surface area contributed by atoms with Crippen LogP contribution in [0.4, 0.5) is 0 Å². The number of hydrogen-bond donors (Lipinski definition) is 3. The number of carbonyl (C=O) groups is 1. The Kier molecular flexibility index (Phi) is 5.69. The molecule has 0 spiro atoms. The highest BCUT2D eigenvalue weighted by atomic mass is 35.5. The van der Waals surface area contributed by atoms with Gasteiger partial charge in [-0.25, -0.2) is 0 Å². The smallest absolute Gasteiger partial charge is 0.251 e. The van der Waals surface area contributed by atoms with Crippen LogP contribution in [-0.2, 0) is 12.8 Å². The molecule has 3 N–H and O–H groups in total. The zero-order chi connectivity index (χ0) is 19.5. The monoisotopic (exact) mass is 395 g/mol. The molecule has 4 nitrogen and oxygen atoms in total. The fourth-order valence-electron chi connectivity index (χ4n) is 4.11. The molecule has 0 saturated heterocycles. The number of rotatable bonds is 6. The lowest BCUT2D eigenvalue weighted by molar-refractivity contribution is 0.0956. The van der Waals surface area contributed by atoms with Gasteiger partial charge in [-0.3, -0.25) is 4.79 Å². The maximum atomic E-state index is 12.2. The van der Waals surface area contributed by atoms with E-state index < -0.39 is 0 Å². The van der Waals surface area contributed by atoms with E-state index in [-0.39, 0.29) is 5.91 Å². The average Bonchev–Trinajstić information content (AvgIpc) is 3.08. The molecule has 0 fully saturated rings. The summed E-state index contributed by atoms with van der Waals surface area (Å²) in [5.41, 5.74) is 5.77. The van der Waals surface area contributed by atoms with Crippen LogP contribution in [0.2, 0.25) is 5.02 Å². The predicted octanol–water partition coefficient (Wildman–Crippen LogP) is 4.78. The van der Waals surface area contributed by atoms with Crippen LogP contribution in [0.15, 0.2) is 42.5 Å². The van der Waals surface area contributed by atoms with E-state index in [9.17, 15) is 4.79 Å². The molecule has 1 amide bonds. The lowest BCUT2D eigenvalue weighted by Gasteiger charge is -2.24. The van der Waals surface area contributed by atoms with Crippen LogP contribution in [-0.4, -0.2) is 24.0 Å². The van der Waals surface area contributed by atoms with Crippen molar-refractivity contribution in [2.24, 2.45) is 0 Å². The average molecular weight is 396 g/mol. The van der Waals surface area contributed by atoms with Crippen molar-refractivity contribution < 1.29 is 4.79 Å². The highest BCUT2D eigenvalue weighted by molar-refractivity contribution is 6.30. The molecule has 0 saturated carbocycles. The van der Waals surface area contributed by atoms with Gasteiger partial charge in [0, 0.05) is 39.8 Å². The van der Waals surface area contributed by atoms with Gasteiger partial charge in [0.2, 0.25) is 0 Å². The normalized spacial score (nSPS) is 16.1. The zero-order valence-corrected chi connectivity index (χ0v) is 16.9. The van der Waals surface area contributed by atoms with Crippen molar-refractivity contribution in [1.82, 2.24) is 15.6 Å². The quantitative estimate of drug-likeness (QED) is 0.562. The molecule has 1 aliphatic rings. The Labute approximate surface area is 170 Å². The summed E-state index contributed by atoms with van der Waals surface area (Å²) in [6.45, 7) is 3.50. The van der Waals surface area contributed by atoms with Gasteiger partial charge in [-0.2, -0.15) is 0 Å². The van der Waals surface area contributed by atoms with Crippen LogP contribution in [0, 0.1) is 0 Å². The summed E-state index contributed by atoms with van der Waals surface area (Å²) in [4.78, 5) is 15.8. The van der Waals surface area contributed by atoms with E-state index in [0.29, 0.717) is 12.6 Å². The van der Waals surface area contributed by atoms with Crippen molar-refractivity contribution in [3.05, 3.63) is 69.9 Å². The second-order valence-electron chi connectivity index (χ2n) is 7.41. The topological polar surface area (TPSA) is 56.9 Å². The van der Waals surface area contributed by atoms with Crippen LogP contribution in [0.3, 0.4) is 0 Å². The highest BCUT2D eigenvalue weighted by Crippen LogP contribution is 2.35. The van der Waals surface area contributed by atoms with Gasteiger partial charge in [-0.05, 0) is 80.6 Å². The Morgan fingerprint density at radius 3 is 2.82 bits per heavy atom. The number of benzene rings is 2. The van der Waals surface area contributed by atoms with Crippen molar-refractivity contribution in [1.29, 1.82) is 0 Å². The summed E-state index contributed by atoms with van der Waals surface area (Å²) in [5.74, 6) is -0.00667. The minimum atomic E-state index is -0.00667. The molecular formula is C23H26ClN3O. The number of carbonyl (C=O) groups excluding carboxylic acids is 1. The van der Waals surface area contributed by atoms with Gasteiger partial charge in [-0.15, -0.1) is 0 Å². The van der Waals surface area contributed by atoms with Gasteiger partial charge in [0.25, 0.3) is 5.91 Å². The van der Waals surface area contributed by atoms with Gasteiger partial charge < -0.3 is 15.6 Å². The van der Waals surface area contributed by atoms with Crippen molar-refractivity contribution in [3.63, 3.8) is 0 Å². The maximum Gasteiger partial charge on any atom is 0.251 e. The molecule has 3 aromatic rings. The third-order valence-corrected chi connectivity index (χ3v) is 5.78. The molecular weight excluding hydrogens is 370 g/mol. The van der Waals surface area contributed by atoms with Crippen molar-refractivity contribution >= 4 is 28.4 Å².